The van der Waals surface area contributed by atoms with Crippen LogP contribution in [0.15, 0.2) is 35.3 Å². The molecular weight excluding hydrogens is 697 g/mol. The summed E-state index contributed by atoms with van der Waals surface area (Å²) in [6.07, 6.45) is -11.4. The van der Waals surface area contributed by atoms with Crippen molar-refractivity contribution in [2.75, 3.05) is 20.1 Å². The third-order valence-corrected chi connectivity index (χ3v) is 8.56. The molecule has 2 atom stereocenters. The SMILES string of the molecule is CCN(C)CCc1cn(C(CC(C)C)C(=O)NC(CC(=O)O)c2c(F)c(-c3c(C)ccc(F)c3C)cc(C(F)(F)F)c2F)c(=O)cc1C(F)(F)F. The van der Waals surface area contributed by atoms with Crippen LogP contribution in [0.3, 0.4) is 0 Å². The number of carbonyl (C=O) groups is 2. The molecule has 1 heterocycles. The van der Waals surface area contributed by atoms with Crippen molar-refractivity contribution in [3.8, 4) is 11.1 Å². The molecular formula is C35H38F9N3O4. The Kier molecular flexibility index (Phi) is 12.8. The van der Waals surface area contributed by atoms with Crippen molar-refractivity contribution in [1.82, 2.24) is 14.8 Å². The van der Waals surface area contributed by atoms with Gasteiger partial charge in [0.05, 0.1) is 23.6 Å². The highest BCUT2D eigenvalue weighted by atomic mass is 19.4. The number of carboxylic acid groups (broad SMARTS) is 1. The Labute approximate surface area is 288 Å². The summed E-state index contributed by atoms with van der Waals surface area (Å²) in [6.45, 7) is 8.03. The third kappa shape index (κ3) is 9.51. The van der Waals surface area contributed by atoms with E-state index in [1.54, 1.807) is 32.7 Å². The quantitative estimate of drug-likeness (QED) is 0.174. The number of nitrogens with one attached hydrogen (secondary N) is 1. The van der Waals surface area contributed by atoms with Gasteiger partial charge in [0, 0.05) is 29.9 Å². The molecule has 3 rings (SSSR count). The fourth-order valence-corrected chi connectivity index (χ4v) is 5.82. The topological polar surface area (TPSA) is 91.6 Å². The summed E-state index contributed by atoms with van der Waals surface area (Å²) in [5.74, 6) is -8.43. The van der Waals surface area contributed by atoms with Crippen molar-refractivity contribution < 1.29 is 54.2 Å². The molecule has 0 aliphatic rings. The molecule has 0 aliphatic carbocycles. The number of halogens is 9. The molecule has 3 aromatic rings. The maximum absolute atomic E-state index is 16.4. The summed E-state index contributed by atoms with van der Waals surface area (Å²) in [5, 5.41) is 11.7. The van der Waals surface area contributed by atoms with E-state index in [0.29, 0.717) is 17.2 Å². The van der Waals surface area contributed by atoms with Crippen LogP contribution in [0.25, 0.3) is 11.1 Å². The number of aryl methyl sites for hydroxylation is 1. The number of nitrogens with zero attached hydrogens (tertiary/aromatic N) is 2. The van der Waals surface area contributed by atoms with Crippen LogP contribution in [-0.4, -0.2) is 46.6 Å². The molecule has 2 unspecified atom stereocenters. The fraction of sp³-hybridized carbons (Fsp3) is 0.457. The highest BCUT2D eigenvalue weighted by Crippen LogP contribution is 2.42. The first-order chi connectivity index (χ1) is 23.5. The van der Waals surface area contributed by atoms with E-state index in [9.17, 15) is 50.2 Å². The molecule has 1 aromatic heterocycles. The first-order valence-electron chi connectivity index (χ1n) is 15.9. The molecule has 0 saturated heterocycles. The minimum atomic E-state index is -5.47. The number of benzene rings is 2. The number of carboxylic acids is 1. The van der Waals surface area contributed by atoms with Gasteiger partial charge in [0.25, 0.3) is 5.56 Å². The molecule has 51 heavy (non-hydrogen) atoms. The molecule has 1 amide bonds. The van der Waals surface area contributed by atoms with Gasteiger partial charge in [-0.25, -0.2) is 13.2 Å². The van der Waals surface area contributed by atoms with Crippen molar-refractivity contribution >= 4 is 11.9 Å². The molecule has 2 N–H and O–H groups in total. The van der Waals surface area contributed by atoms with Gasteiger partial charge >= 0.3 is 18.3 Å². The van der Waals surface area contributed by atoms with Crippen LogP contribution >= 0.6 is 0 Å². The highest BCUT2D eigenvalue weighted by Gasteiger charge is 2.41. The lowest BCUT2D eigenvalue weighted by molar-refractivity contribution is -0.140. The summed E-state index contributed by atoms with van der Waals surface area (Å²) in [4.78, 5) is 40.7. The number of rotatable bonds is 13. The van der Waals surface area contributed by atoms with Crippen molar-refractivity contribution in [3.63, 3.8) is 0 Å². The number of aromatic nitrogens is 1. The zero-order valence-electron chi connectivity index (χ0n) is 28.6. The van der Waals surface area contributed by atoms with Crippen LogP contribution in [0.4, 0.5) is 39.5 Å². The minimum absolute atomic E-state index is 0.0944. The first-order valence-corrected chi connectivity index (χ1v) is 15.9. The monoisotopic (exact) mass is 735 g/mol. The lowest BCUT2D eigenvalue weighted by Gasteiger charge is -2.27. The van der Waals surface area contributed by atoms with Gasteiger partial charge in [-0.15, -0.1) is 0 Å². The van der Waals surface area contributed by atoms with Gasteiger partial charge in [0.2, 0.25) is 5.91 Å². The molecule has 0 radical (unpaired) electrons. The van der Waals surface area contributed by atoms with E-state index in [-0.39, 0.29) is 47.7 Å². The first kappa shape index (κ1) is 41.1. The van der Waals surface area contributed by atoms with Gasteiger partial charge in [-0.3, -0.25) is 14.4 Å². The molecule has 0 bridgehead atoms. The number of likely N-dealkylation sites (N-methyl/N-ethyl adjacent to an activating group) is 1. The molecule has 0 fully saturated rings. The Morgan fingerprint density at radius 3 is 2.10 bits per heavy atom. The van der Waals surface area contributed by atoms with E-state index in [4.69, 9.17) is 0 Å². The fourth-order valence-electron chi connectivity index (χ4n) is 5.82. The summed E-state index contributed by atoms with van der Waals surface area (Å²) in [7, 11) is 1.65. The van der Waals surface area contributed by atoms with E-state index < -0.39 is 93.9 Å². The number of hydrogen-bond acceptors (Lipinski definition) is 4. The maximum Gasteiger partial charge on any atom is 0.419 e. The van der Waals surface area contributed by atoms with Gasteiger partial charge in [-0.2, -0.15) is 26.3 Å². The summed E-state index contributed by atoms with van der Waals surface area (Å²) in [5.41, 5.74) is -7.88. The maximum atomic E-state index is 16.4. The number of carbonyl (C=O) groups excluding carboxylic acids is 1. The number of pyridine rings is 1. The predicted molar refractivity (Wildman–Crippen MR) is 170 cm³/mol. The average molecular weight is 736 g/mol. The molecule has 280 valence electrons. The van der Waals surface area contributed by atoms with Crippen LogP contribution in [0.5, 0.6) is 0 Å². The summed E-state index contributed by atoms with van der Waals surface area (Å²) >= 11 is 0. The highest BCUT2D eigenvalue weighted by molar-refractivity contribution is 5.82. The third-order valence-electron chi connectivity index (χ3n) is 8.56. The van der Waals surface area contributed by atoms with Crippen LogP contribution in [0.2, 0.25) is 0 Å². The minimum Gasteiger partial charge on any atom is -0.481 e. The lowest BCUT2D eigenvalue weighted by Crippen LogP contribution is -2.41. The van der Waals surface area contributed by atoms with Crippen molar-refractivity contribution in [1.29, 1.82) is 0 Å². The second kappa shape index (κ2) is 15.9. The van der Waals surface area contributed by atoms with Gasteiger partial charge in [-0.1, -0.05) is 26.8 Å². The standard InChI is InChI=1S/C35H38F9N3O4/c1-7-46(6)11-10-20-16-47(27(48)14-22(20)34(39,40)41)26(12-17(2)3)33(51)45-25(15-28(49)50)30-31(37)21(13-23(32(30)38)35(42,43)44)29-18(4)8-9-24(36)19(29)5/h8-9,13-14,16-17,25-26H,7,10-12,15H2,1-6H3,(H,45,51)(H,49,50). The Morgan fingerprint density at radius 2 is 1.57 bits per heavy atom. The van der Waals surface area contributed by atoms with Crippen molar-refractivity contribution in [2.45, 2.75) is 78.3 Å². The average Bonchev–Trinajstić information content (AvgIpc) is 3.00. The van der Waals surface area contributed by atoms with Gasteiger partial charge in [0.1, 0.15) is 23.5 Å². The van der Waals surface area contributed by atoms with Crippen molar-refractivity contribution in [2.24, 2.45) is 5.92 Å². The Morgan fingerprint density at radius 1 is 0.961 bits per heavy atom. The van der Waals surface area contributed by atoms with E-state index >= 15 is 8.78 Å². The van der Waals surface area contributed by atoms with Gasteiger partial charge in [-0.05, 0) is 80.6 Å². The molecule has 16 heteroatoms. The Bertz CT molecular complexity index is 1840. The van der Waals surface area contributed by atoms with Crippen molar-refractivity contribution in [3.05, 3.63) is 91.6 Å². The van der Waals surface area contributed by atoms with E-state index in [1.165, 1.54) is 6.92 Å². The lowest BCUT2D eigenvalue weighted by atomic mass is 9.89. The molecule has 0 saturated carbocycles. The Balaban J connectivity index is 2.29. The predicted octanol–water partition coefficient (Wildman–Crippen LogP) is 8.00. The smallest absolute Gasteiger partial charge is 0.419 e. The van der Waals surface area contributed by atoms with E-state index in [2.05, 4.69) is 5.32 Å². The van der Waals surface area contributed by atoms with Crippen LogP contribution in [0, 0.1) is 37.2 Å². The summed E-state index contributed by atoms with van der Waals surface area (Å²) in [6, 6.07) is -1.45. The zero-order valence-corrected chi connectivity index (χ0v) is 28.6. The summed E-state index contributed by atoms with van der Waals surface area (Å²) < 4.78 is 132. The van der Waals surface area contributed by atoms with Crippen LogP contribution in [0.1, 0.15) is 79.1 Å². The van der Waals surface area contributed by atoms with E-state index in [1.807, 2.05) is 0 Å². The zero-order chi connectivity index (χ0) is 38.7. The second-order valence-electron chi connectivity index (χ2n) is 12.8. The number of amides is 1. The van der Waals surface area contributed by atoms with Crippen LogP contribution < -0.4 is 10.9 Å². The number of alkyl halides is 6. The van der Waals surface area contributed by atoms with Crippen LogP contribution in [-0.2, 0) is 28.4 Å². The normalized spacial score (nSPS) is 13.5. The molecule has 0 spiro atoms. The second-order valence-corrected chi connectivity index (χ2v) is 12.8. The largest absolute Gasteiger partial charge is 0.481 e. The Hall–Kier alpha value is -4.34. The molecule has 2 aromatic carbocycles. The van der Waals surface area contributed by atoms with E-state index in [0.717, 1.165) is 25.3 Å². The number of aliphatic carboxylic acids is 1. The number of hydrogen-bond donors (Lipinski definition) is 2. The molecule has 7 nitrogen and oxygen atoms in total. The van der Waals surface area contributed by atoms with Gasteiger partial charge < -0.3 is 19.9 Å². The molecule has 0 aliphatic heterocycles. The van der Waals surface area contributed by atoms with Gasteiger partial charge in [0.15, 0.2) is 0 Å².